The number of fused-ring (bicyclic) bond motifs is 1. The summed E-state index contributed by atoms with van der Waals surface area (Å²) in [6.07, 6.45) is 6.03. The molecule has 1 saturated heterocycles. The predicted octanol–water partition coefficient (Wildman–Crippen LogP) is 3.72. The first kappa shape index (κ1) is 13.3. The Kier molecular flexibility index (Phi) is 3.05. The highest BCUT2D eigenvalue weighted by Crippen LogP contribution is 2.44. The van der Waals surface area contributed by atoms with E-state index in [1.54, 1.807) is 6.07 Å². The van der Waals surface area contributed by atoms with Gasteiger partial charge in [-0.15, -0.1) is 0 Å². The van der Waals surface area contributed by atoms with E-state index >= 15 is 0 Å². The lowest BCUT2D eigenvalue weighted by Gasteiger charge is -2.35. The molecule has 1 aliphatic carbocycles. The largest absolute Gasteiger partial charge is 0.348 e. The molecule has 1 aliphatic heterocycles. The van der Waals surface area contributed by atoms with E-state index in [4.69, 9.17) is 9.47 Å². The summed E-state index contributed by atoms with van der Waals surface area (Å²) in [5.41, 5.74) is 1.97. The van der Waals surface area contributed by atoms with Crippen molar-refractivity contribution in [2.45, 2.75) is 37.4 Å². The summed E-state index contributed by atoms with van der Waals surface area (Å²) >= 11 is 0. The molecule has 2 fully saturated rings. The maximum Gasteiger partial charge on any atom is 0.168 e. The SMILES string of the molecule is Cn1cc(C2CCC3(CC2)OCCO3)c2cccc(F)c21. The molecule has 112 valence electrons. The molecule has 0 atom stereocenters. The first-order chi connectivity index (χ1) is 10.2. The van der Waals surface area contributed by atoms with Gasteiger partial charge >= 0.3 is 0 Å². The van der Waals surface area contributed by atoms with E-state index in [9.17, 15) is 4.39 Å². The summed E-state index contributed by atoms with van der Waals surface area (Å²) in [6, 6.07) is 5.36. The summed E-state index contributed by atoms with van der Waals surface area (Å²) in [7, 11) is 1.92. The molecule has 1 saturated carbocycles. The summed E-state index contributed by atoms with van der Waals surface area (Å²) in [6.45, 7) is 1.42. The highest BCUT2D eigenvalue weighted by Gasteiger charge is 2.41. The minimum Gasteiger partial charge on any atom is -0.348 e. The van der Waals surface area contributed by atoms with Gasteiger partial charge in [-0.1, -0.05) is 12.1 Å². The van der Waals surface area contributed by atoms with Gasteiger partial charge in [-0.2, -0.15) is 0 Å². The number of ether oxygens (including phenoxy) is 2. The van der Waals surface area contributed by atoms with Gasteiger partial charge in [0.15, 0.2) is 5.79 Å². The zero-order chi connectivity index (χ0) is 14.4. The summed E-state index contributed by atoms with van der Waals surface area (Å²) in [5.74, 6) is -0.00305. The van der Waals surface area contributed by atoms with Crippen LogP contribution in [0.5, 0.6) is 0 Å². The summed E-state index contributed by atoms with van der Waals surface area (Å²) < 4.78 is 27.5. The van der Waals surface area contributed by atoms with Crippen molar-refractivity contribution in [1.82, 2.24) is 4.57 Å². The number of nitrogens with zero attached hydrogens (tertiary/aromatic N) is 1. The molecule has 0 radical (unpaired) electrons. The zero-order valence-corrected chi connectivity index (χ0v) is 12.3. The highest BCUT2D eigenvalue weighted by molar-refractivity contribution is 5.85. The quantitative estimate of drug-likeness (QED) is 0.799. The standard InChI is InChI=1S/C17H20FNO2/c1-19-11-14(13-3-2-4-15(18)16(13)19)12-5-7-17(8-6-12)20-9-10-21-17/h2-4,11-12H,5-10H2,1H3. The lowest BCUT2D eigenvalue weighted by atomic mass is 9.81. The predicted molar refractivity (Wildman–Crippen MR) is 78.7 cm³/mol. The number of halogens is 1. The molecule has 4 rings (SSSR count). The normalized spacial score (nSPS) is 22.4. The van der Waals surface area contributed by atoms with Crippen molar-refractivity contribution >= 4 is 10.9 Å². The Hall–Kier alpha value is -1.39. The first-order valence-electron chi connectivity index (χ1n) is 7.70. The molecule has 1 aromatic heterocycles. The van der Waals surface area contributed by atoms with Crippen molar-refractivity contribution in [1.29, 1.82) is 0 Å². The molecule has 1 aromatic carbocycles. The Labute approximate surface area is 123 Å². The fraction of sp³-hybridized carbons (Fsp3) is 0.529. The number of aryl methyl sites for hydroxylation is 1. The Morgan fingerprint density at radius 1 is 1.19 bits per heavy atom. The van der Waals surface area contributed by atoms with E-state index in [0.29, 0.717) is 24.6 Å². The fourth-order valence-electron chi connectivity index (χ4n) is 3.93. The molecule has 21 heavy (non-hydrogen) atoms. The van der Waals surface area contributed by atoms with E-state index in [1.165, 1.54) is 11.6 Å². The van der Waals surface area contributed by atoms with Gasteiger partial charge in [-0.25, -0.2) is 4.39 Å². The van der Waals surface area contributed by atoms with Gasteiger partial charge in [-0.3, -0.25) is 0 Å². The van der Waals surface area contributed by atoms with Gasteiger partial charge < -0.3 is 14.0 Å². The van der Waals surface area contributed by atoms with Gasteiger partial charge in [0.25, 0.3) is 0 Å². The lowest BCUT2D eigenvalue weighted by Crippen LogP contribution is -2.34. The molecule has 2 aromatic rings. The van der Waals surface area contributed by atoms with Gasteiger partial charge in [0.1, 0.15) is 5.82 Å². The third-order valence-electron chi connectivity index (χ3n) is 4.98. The second-order valence-electron chi connectivity index (χ2n) is 6.21. The van der Waals surface area contributed by atoms with Crippen molar-refractivity contribution in [2.75, 3.05) is 13.2 Å². The van der Waals surface area contributed by atoms with Crippen molar-refractivity contribution < 1.29 is 13.9 Å². The minimum atomic E-state index is -0.327. The molecule has 1 spiro atoms. The van der Waals surface area contributed by atoms with Crippen LogP contribution in [0.4, 0.5) is 4.39 Å². The van der Waals surface area contributed by atoms with E-state index in [2.05, 4.69) is 6.20 Å². The van der Waals surface area contributed by atoms with Crippen molar-refractivity contribution in [2.24, 2.45) is 7.05 Å². The second kappa shape index (κ2) is 4.82. The van der Waals surface area contributed by atoms with Crippen LogP contribution >= 0.6 is 0 Å². The molecule has 0 N–H and O–H groups in total. The Morgan fingerprint density at radius 2 is 1.90 bits per heavy atom. The third kappa shape index (κ3) is 2.09. The smallest absolute Gasteiger partial charge is 0.168 e. The average molecular weight is 289 g/mol. The van der Waals surface area contributed by atoms with Crippen molar-refractivity contribution in [3.8, 4) is 0 Å². The monoisotopic (exact) mass is 289 g/mol. The summed E-state index contributed by atoms with van der Waals surface area (Å²) in [4.78, 5) is 0. The Bertz CT molecular complexity index is 663. The first-order valence-corrected chi connectivity index (χ1v) is 7.70. The molecule has 3 nitrogen and oxygen atoms in total. The molecule has 0 bridgehead atoms. The number of rotatable bonds is 1. The number of aromatic nitrogens is 1. The van der Waals surface area contributed by atoms with E-state index < -0.39 is 0 Å². The second-order valence-corrected chi connectivity index (χ2v) is 6.21. The van der Waals surface area contributed by atoms with Crippen LogP contribution in [-0.4, -0.2) is 23.6 Å². The number of benzene rings is 1. The fourth-order valence-corrected chi connectivity index (χ4v) is 3.93. The Morgan fingerprint density at radius 3 is 2.62 bits per heavy atom. The average Bonchev–Trinajstić information content (AvgIpc) is 3.07. The molecule has 2 heterocycles. The molecular formula is C17H20FNO2. The maximum absolute atomic E-state index is 14.0. The van der Waals surface area contributed by atoms with Crippen LogP contribution in [-0.2, 0) is 16.5 Å². The van der Waals surface area contributed by atoms with Gasteiger partial charge in [0.05, 0.1) is 18.7 Å². The van der Waals surface area contributed by atoms with Crippen molar-refractivity contribution in [3.63, 3.8) is 0 Å². The van der Waals surface area contributed by atoms with E-state index in [0.717, 1.165) is 31.1 Å². The van der Waals surface area contributed by atoms with Crippen molar-refractivity contribution in [3.05, 3.63) is 35.8 Å². The van der Waals surface area contributed by atoms with Crippen LogP contribution in [0.2, 0.25) is 0 Å². The van der Waals surface area contributed by atoms with Crippen LogP contribution in [0.3, 0.4) is 0 Å². The number of para-hydroxylation sites is 1. The van der Waals surface area contributed by atoms with Crippen LogP contribution in [0.1, 0.15) is 37.2 Å². The maximum atomic E-state index is 14.0. The molecule has 4 heteroatoms. The minimum absolute atomic E-state index is 0.143. The van der Waals surface area contributed by atoms with Crippen LogP contribution < -0.4 is 0 Å². The third-order valence-corrected chi connectivity index (χ3v) is 4.98. The Balaban J connectivity index is 1.64. The zero-order valence-electron chi connectivity index (χ0n) is 12.3. The molecule has 0 amide bonds. The molecule has 2 aliphatic rings. The van der Waals surface area contributed by atoms with Gasteiger partial charge in [-0.05, 0) is 30.4 Å². The van der Waals surface area contributed by atoms with Crippen LogP contribution in [0.25, 0.3) is 10.9 Å². The lowest BCUT2D eigenvalue weighted by molar-refractivity contribution is -0.178. The molecule has 0 unspecified atom stereocenters. The molecular weight excluding hydrogens is 269 g/mol. The number of hydrogen-bond donors (Lipinski definition) is 0. The van der Waals surface area contributed by atoms with Gasteiger partial charge in [0, 0.05) is 31.5 Å². The van der Waals surface area contributed by atoms with E-state index in [1.807, 2.05) is 17.7 Å². The summed E-state index contributed by atoms with van der Waals surface area (Å²) in [5, 5.41) is 1.05. The highest BCUT2D eigenvalue weighted by atomic mass is 19.1. The van der Waals surface area contributed by atoms with E-state index in [-0.39, 0.29) is 11.6 Å². The number of hydrogen-bond acceptors (Lipinski definition) is 2. The van der Waals surface area contributed by atoms with Crippen LogP contribution in [0.15, 0.2) is 24.4 Å². The topological polar surface area (TPSA) is 23.4 Å². The van der Waals surface area contributed by atoms with Gasteiger partial charge in [0.2, 0.25) is 0 Å². The van der Waals surface area contributed by atoms with Crippen LogP contribution in [0, 0.1) is 5.82 Å².